The van der Waals surface area contributed by atoms with Crippen molar-refractivity contribution in [2.45, 2.75) is 20.0 Å². The average Bonchev–Trinajstić information content (AvgIpc) is 2.16. The molecule has 1 rings (SSSR count). The first-order valence-electron chi connectivity index (χ1n) is 4.69. The van der Waals surface area contributed by atoms with Gasteiger partial charge in [0.15, 0.2) is 0 Å². The van der Waals surface area contributed by atoms with Gasteiger partial charge in [-0.05, 0) is 30.7 Å². The number of carbonyl (C=O) groups excluding carboxylic acids is 1. The van der Waals surface area contributed by atoms with Crippen molar-refractivity contribution in [3.63, 3.8) is 0 Å². The molecule has 0 aliphatic rings. The fraction of sp³-hybridized carbons (Fsp3) is 0.250. The first-order valence-corrected chi connectivity index (χ1v) is 5.48. The highest BCUT2D eigenvalue weighted by atomic mass is 79.9. The van der Waals surface area contributed by atoms with E-state index in [1.54, 1.807) is 0 Å². The third-order valence-corrected chi connectivity index (χ3v) is 2.31. The summed E-state index contributed by atoms with van der Waals surface area (Å²) in [5.41, 5.74) is 1.08. The molecular weight excluding hydrogens is 256 g/mol. The monoisotopic (exact) mass is 268 g/mol. The van der Waals surface area contributed by atoms with Crippen LogP contribution in [0, 0.1) is 0 Å². The van der Waals surface area contributed by atoms with Gasteiger partial charge >= 0.3 is 5.97 Å². The molecule has 1 atom stereocenters. The summed E-state index contributed by atoms with van der Waals surface area (Å²) < 4.78 is 6.01. The van der Waals surface area contributed by atoms with Crippen LogP contribution in [0.1, 0.15) is 19.4 Å². The van der Waals surface area contributed by atoms with E-state index in [1.807, 2.05) is 43.3 Å². The standard InChI is InChI=1S/C12H13BrO2/c1-9(15-10(2)14)3-4-11-5-7-12(13)8-6-11/h3-9H,1-2H3/b4-3+/t9-/m1/s1. The zero-order valence-electron chi connectivity index (χ0n) is 8.74. The van der Waals surface area contributed by atoms with Crippen molar-refractivity contribution in [1.82, 2.24) is 0 Å². The van der Waals surface area contributed by atoms with E-state index in [1.165, 1.54) is 6.92 Å². The van der Waals surface area contributed by atoms with E-state index in [9.17, 15) is 4.79 Å². The Morgan fingerprint density at radius 1 is 1.40 bits per heavy atom. The number of benzene rings is 1. The van der Waals surface area contributed by atoms with Gasteiger partial charge in [0.25, 0.3) is 0 Å². The van der Waals surface area contributed by atoms with E-state index in [-0.39, 0.29) is 12.1 Å². The molecule has 0 unspecified atom stereocenters. The normalized spacial score (nSPS) is 12.7. The van der Waals surface area contributed by atoms with Gasteiger partial charge in [0.2, 0.25) is 0 Å². The number of rotatable bonds is 3. The number of ether oxygens (including phenoxy) is 1. The predicted octanol–water partition coefficient (Wildman–Crippen LogP) is 3.41. The third kappa shape index (κ3) is 4.79. The fourth-order valence-corrected chi connectivity index (χ4v) is 1.39. The lowest BCUT2D eigenvalue weighted by Crippen LogP contribution is -2.08. The van der Waals surface area contributed by atoms with Gasteiger partial charge in [-0.2, -0.15) is 0 Å². The number of halogens is 1. The molecule has 3 heteroatoms. The summed E-state index contributed by atoms with van der Waals surface area (Å²) in [7, 11) is 0. The van der Waals surface area contributed by atoms with Crippen LogP contribution in [0.5, 0.6) is 0 Å². The van der Waals surface area contributed by atoms with E-state index in [0.717, 1.165) is 10.0 Å². The molecule has 0 aliphatic heterocycles. The van der Waals surface area contributed by atoms with E-state index >= 15 is 0 Å². The van der Waals surface area contributed by atoms with E-state index in [4.69, 9.17) is 4.74 Å². The molecule has 0 bridgehead atoms. The predicted molar refractivity (Wildman–Crippen MR) is 64.4 cm³/mol. The van der Waals surface area contributed by atoms with Crippen molar-refractivity contribution in [2.75, 3.05) is 0 Å². The van der Waals surface area contributed by atoms with Gasteiger partial charge in [-0.15, -0.1) is 0 Å². The first kappa shape index (κ1) is 12.0. The van der Waals surface area contributed by atoms with Gasteiger partial charge in [-0.1, -0.05) is 34.1 Å². The molecule has 80 valence electrons. The molecule has 0 saturated heterocycles. The molecule has 15 heavy (non-hydrogen) atoms. The van der Waals surface area contributed by atoms with Crippen LogP contribution in [0.2, 0.25) is 0 Å². The maximum absolute atomic E-state index is 10.6. The van der Waals surface area contributed by atoms with Crippen molar-refractivity contribution in [3.8, 4) is 0 Å². The minimum absolute atomic E-state index is 0.189. The van der Waals surface area contributed by atoms with Gasteiger partial charge in [0, 0.05) is 11.4 Å². The SMILES string of the molecule is CC(=O)O[C@H](C)/C=C/c1ccc(Br)cc1. The molecule has 0 radical (unpaired) electrons. The van der Waals surface area contributed by atoms with Crippen LogP contribution >= 0.6 is 15.9 Å². The second-order valence-corrected chi connectivity index (χ2v) is 4.14. The van der Waals surface area contributed by atoms with Crippen LogP contribution in [0.3, 0.4) is 0 Å². The minimum Gasteiger partial charge on any atom is -0.459 e. The molecule has 0 amide bonds. The Morgan fingerprint density at radius 3 is 2.53 bits per heavy atom. The Kier molecular flexibility index (Phi) is 4.56. The molecule has 0 saturated carbocycles. The largest absolute Gasteiger partial charge is 0.459 e. The van der Waals surface area contributed by atoms with E-state index < -0.39 is 0 Å². The topological polar surface area (TPSA) is 26.3 Å². The lowest BCUT2D eigenvalue weighted by molar-refractivity contribution is -0.143. The summed E-state index contributed by atoms with van der Waals surface area (Å²) in [5.74, 6) is -0.261. The third-order valence-electron chi connectivity index (χ3n) is 1.78. The fourth-order valence-electron chi connectivity index (χ4n) is 1.12. The molecule has 2 nitrogen and oxygen atoms in total. The van der Waals surface area contributed by atoms with E-state index in [0.29, 0.717) is 0 Å². The lowest BCUT2D eigenvalue weighted by Gasteiger charge is -2.05. The van der Waals surface area contributed by atoms with Gasteiger partial charge in [-0.3, -0.25) is 4.79 Å². The Bertz CT molecular complexity index is 354. The molecule has 1 aromatic carbocycles. The summed E-state index contributed by atoms with van der Waals surface area (Å²) in [6, 6.07) is 7.91. The first-order chi connectivity index (χ1) is 7.08. The Hall–Kier alpha value is -1.09. The lowest BCUT2D eigenvalue weighted by atomic mass is 10.2. The molecule has 0 aromatic heterocycles. The average molecular weight is 269 g/mol. The van der Waals surface area contributed by atoms with Crippen LogP contribution < -0.4 is 0 Å². The summed E-state index contributed by atoms with van der Waals surface area (Å²) in [6.07, 6.45) is 3.59. The highest BCUT2D eigenvalue weighted by Gasteiger charge is 1.99. The Labute approximate surface area is 98.1 Å². The number of carbonyl (C=O) groups is 1. The van der Waals surface area contributed by atoms with Gasteiger partial charge in [-0.25, -0.2) is 0 Å². The summed E-state index contributed by atoms with van der Waals surface area (Å²) in [4.78, 5) is 10.6. The van der Waals surface area contributed by atoms with Crippen molar-refractivity contribution < 1.29 is 9.53 Å². The molecule has 0 fully saturated rings. The quantitative estimate of drug-likeness (QED) is 0.786. The van der Waals surface area contributed by atoms with Crippen molar-refractivity contribution in [2.24, 2.45) is 0 Å². The Balaban J connectivity index is 2.57. The summed E-state index contributed by atoms with van der Waals surface area (Å²) in [5, 5.41) is 0. The van der Waals surface area contributed by atoms with Gasteiger partial charge in [0.05, 0.1) is 0 Å². The molecule has 0 aliphatic carbocycles. The summed E-state index contributed by atoms with van der Waals surface area (Å²) >= 11 is 3.36. The molecule has 0 N–H and O–H groups in total. The van der Waals surface area contributed by atoms with Crippen LogP contribution in [0.4, 0.5) is 0 Å². The minimum atomic E-state index is -0.261. The van der Waals surface area contributed by atoms with Crippen LogP contribution in [-0.4, -0.2) is 12.1 Å². The molecule has 0 heterocycles. The molecular formula is C12H13BrO2. The highest BCUT2D eigenvalue weighted by Crippen LogP contribution is 2.12. The number of esters is 1. The zero-order chi connectivity index (χ0) is 11.3. The number of hydrogen-bond donors (Lipinski definition) is 0. The smallest absolute Gasteiger partial charge is 0.303 e. The highest BCUT2D eigenvalue weighted by molar-refractivity contribution is 9.10. The number of hydrogen-bond acceptors (Lipinski definition) is 2. The van der Waals surface area contributed by atoms with Crippen molar-refractivity contribution in [1.29, 1.82) is 0 Å². The second-order valence-electron chi connectivity index (χ2n) is 3.23. The second kappa shape index (κ2) is 5.71. The maximum atomic E-state index is 10.6. The molecule has 1 aromatic rings. The Morgan fingerprint density at radius 2 is 2.00 bits per heavy atom. The van der Waals surface area contributed by atoms with Crippen LogP contribution in [0.15, 0.2) is 34.8 Å². The van der Waals surface area contributed by atoms with Gasteiger partial charge < -0.3 is 4.74 Å². The van der Waals surface area contributed by atoms with Crippen molar-refractivity contribution >= 4 is 28.0 Å². The maximum Gasteiger partial charge on any atom is 0.303 e. The summed E-state index contributed by atoms with van der Waals surface area (Å²) in [6.45, 7) is 3.24. The molecule has 0 spiro atoms. The van der Waals surface area contributed by atoms with Gasteiger partial charge in [0.1, 0.15) is 6.10 Å². The van der Waals surface area contributed by atoms with Crippen LogP contribution in [-0.2, 0) is 9.53 Å². The van der Waals surface area contributed by atoms with E-state index in [2.05, 4.69) is 15.9 Å². The van der Waals surface area contributed by atoms with Crippen LogP contribution in [0.25, 0.3) is 6.08 Å². The van der Waals surface area contributed by atoms with Crippen molar-refractivity contribution in [3.05, 3.63) is 40.4 Å². The zero-order valence-corrected chi connectivity index (χ0v) is 10.3.